The molecular weight excluding hydrogens is 259 g/mol. The van der Waals surface area contributed by atoms with Crippen molar-refractivity contribution in [3.8, 4) is 11.1 Å². The van der Waals surface area contributed by atoms with Gasteiger partial charge in [0.2, 0.25) is 0 Å². The van der Waals surface area contributed by atoms with Gasteiger partial charge in [-0.3, -0.25) is 10.1 Å². The molecule has 0 radical (unpaired) electrons. The first-order valence-electron chi connectivity index (χ1n) is 5.00. The monoisotopic (exact) mass is 267 g/mol. The van der Waals surface area contributed by atoms with Crippen molar-refractivity contribution in [1.29, 1.82) is 0 Å². The number of pyridine rings is 1. The molecule has 0 saturated heterocycles. The third-order valence-corrected chi connectivity index (χ3v) is 2.34. The first-order valence-corrected chi connectivity index (χ1v) is 5.00. The summed E-state index contributed by atoms with van der Waals surface area (Å²) in [6, 6.07) is 9.46. The minimum Gasteiger partial charge on any atom is -0.258 e. The zero-order valence-electron chi connectivity index (χ0n) is 10.1. The van der Waals surface area contributed by atoms with E-state index in [9.17, 15) is 15.0 Å². The van der Waals surface area contributed by atoms with Gasteiger partial charge < -0.3 is 0 Å². The van der Waals surface area contributed by atoms with Crippen LogP contribution in [0.3, 0.4) is 0 Å². The Balaban J connectivity index is 0.00000180. The van der Waals surface area contributed by atoms with Crippen molar-refractivity contribution >= 4 is 11.5 Å². The van der Waals surface area contributed by atoms with Crippen molar-refractivity contribution < 1.29 is 34.5 Å². The van der Waals surface area contributed by atoms with Crippen LogP contribution in [0.4, 0.5) is 11.5 Å². The molecule has 7 nitrogen and oxygen atoms in total. The SMILES string of the molecule is O=NNc1ccc(-c2ccc([N+](=O)[O-])cc2)cn1.[Na+]. The Morgan fingerprint density at radius 1 is 1.11 bits per heavy atom. The molecule has 90 valence electrons. The summed E-state index contributed by atoms with van der Waals surface area (Å²) in [6.07, 6.45) is 1.55. The molecule has 0 unspecified atom stereocenters. The van der Waals surface area contributed by atoms with Crippen molar-refractivity contribution in [3.05, 3.63) is 57.6 Å². The van der Waals surface area contributed by atoms with Gasteiger partial charge in [0.15, 0.2) is 0 Å². The maximum atomic E-state index is 10.5. The standard InChI is InChI=1S/C11H8N4O3.Na/c16-14-13-11-6-3-9(7-12-11)8-1-4-10(5-2-8)15(17)18;/h1-7H,(H,12,13,16);/q;+1. The van der Waals surface area contributed by atoms with Gasteiger partial charge in [-0.1, -0.05) is 0 Å². The molecule has 0 aliphatic carbocycles. The molecule has 0 saturated carbocycles. The number of non-ortho nitro benzene ring substituents is 1. The Bertz CT molecular complexity index is 571. The molecule has 19 heavy (non-hydrogen) atoms. The van der Waals surface area contributed by atoms with Crippen LogP contribution in [0.5, 0.6) is 0 Å². The molecule has 1 aromatic heterocycles. The van der Waals surface area contributed by atoms with Gasteiger partial charge in [-0.15, -0.1) is 4.91 Å². The maximum Gasteiger partial charge on any atom is 1.00 e. The molecule has 8 heteroatoms. The topological polar surface area (TPSA) is 97.5 Å². The van der Waals surface area contributed by atoms with E-state index in [-0.39, 0.29) is 35.2 Å². The molecule has 0 aliphatic heterocycles. The molecule has 2 rings (SSSR count). The predicted molar refractivity (Wildman–Crippen MR) is 65.7 cm³/mol. The Morgan fingerprint density at radius 3 is 2.21 bits per heavy atom. The summed E-state index contributed by atoms with van der Waals surface area (Å²) in [6.45, 7) is 0. The first-order chi connectivity index (χ1) is 8.70. The fourth-order valence-corrected chi connectivity index (χ4v) is 1.45. The molecule has 0 amide bonds. The van der Waals surface area contributed by atoms with Gasteiger partial charge in [0.1, 0.15) is 5.82 Å². The van der Waals surface area contributed by atoms with Crippen LogP contribution in [-0.2, 0) is 0 Å². The molecule has 0 fully saturated rings. The molecule has 1 heterocycles. The van der Waals surface area contributed by atoms with Crippen molar-refractivity contribution in [3.63, 3.8) is 0 Å². The summed E-state index contributed by atoms with van der Waals surface area (Å²) in [5, 5.41) is 13.0. The van der Waals surface area contributed by atoms with E-state index in [1.807, 2.05) is 0 Å². The molecule has 0 atom stereocenters. The van der Waals surface area contributed by atoms with Crippen molar-refractivity contribution in [1.82, 2.24) is 4.98 Å². The molecule has 1 N–H and O–H groups in total. The predicted octanol–water partition coefficient (Wildman–Crippen LogP) is -0.246. The van der Waals surface area contributed by atoms with Crippen molar-refractivity contribution in [2.75, 3.05) is 5.43 Å². The van der Waals surface area contributed by atoms with Gasteiger partial charge in [-0.2, -0.15) is 0 Å². The van der Waals surface area contributed by atoms with Crippen LogP contribution in [0.15, 0.2) is 47.9 Å². The summed E-state index contributed by atoms with van der Waals surface area (Å²) in [5.74, 6) is 0.343. The van der Waals surface area contributed by atoms with Gasteiger partial charge in [0, 0.05) is 23.9 Å². The third kappa shape index (κ3) is 3.82. The van der Waals surface area contributed by atoms with Crippen LogP contribution in [0.2, 0.25) is 0 Å². The van der Waals surface area contributed by atoms with Crippen molar-refractivity contribution in [2.24, 2.45) is 5.29 Å². The Morgan fingerprint density at radius 2 is 1.74 bits per heavy atom. The van der Waals surface area contributed by atoms with E-state index in [1.54, 1.807) is 30.5 Å². The number of anilines is 1. The number of hydrogen-bond acceptors (Lipinski definition) is 5. The Kier molecular flexibility index (Phi) is 5.56. The number of rotatable bonds is 4. The normalized spacial score (nSPS) is 9.26. The number of aromatic nitrogens is 1. The third-order valence-electron chi connectivity index (χ3n) is 2.34. The van der Waals surface area contributed by atoms with Gasteiger partial charge in [-0.05, 0) is 29.8 Å². The number of nitroso groups, excluding NO2 is 1. The van der Waals surface area contributed by atoms with E-state index in [2.05, 4.69) is 15.7 Å². The average molecular weight is 267 g/mol. The van der Waals surface area contributed by atoms with Crippen LogP contribution < -0.4 is 35.0 Å². The quantitative estimate of drug-likeness (QED) is 0.356. The first kappa shape index (κ1) is 15.2. The second kappa shape index (κ2) is 6.93. The van der Waals surface area contributed by atoms with Crippen LogP contribution >= 0.6 is 0 Å². The summed E-state index contributed by atoms with van der Waals surface area (Å²) >= 11 is 0. The number of nitrogens with one attached hydrogen (secondary N) is 1. The van der Waals surface area contributed by atoms with Crippen LogP contribution in [0.25, 0.3) is 11.1 Å². The number of hydrogen-bond donors (Lipinski definition) is 1. The van der Waals surface area contributed by atoms with Gasteiger partial charge in [-0.25, -0.2) is 10.4 Å². The Labute approximate surface area is 130 Å². The molecule has 0 bridgehead atoms. The number of benzene rings is 1. The minimum atomic E-state index is -0.454. The number of nitrogens with zero attached hydrogens (tertiary/aromatic N) is 3. The van der Waals surface area contributed by atoms with Crippen molar-refractivity contribution in [2.45, 2.75) is 0 Å². The smallest absolute Gasteiger partial charge is 0.258 e. The van der Waals surface area contributed by atoms with E-state index in [0.717, 1.165) is 11.1 Å². The maximum absolute atomic E-state index is 10.5. The fraction of sp³-hybridized carbons (Fsp3) is 0. The second-order valence-electron chi connectivity index (χ2n) is 3.44. The number of nitro benzene ring substituents is 1. The zero-order chi connectivity index (χ0) is 13.0. The number of nitro groups is 1. The molecule has 2 aromatic rings. The van der Waals surface area contributed by atoms with Gasteiger partial charge >= 0.3 is 29.6 Å². The summed E-state index contributed by atoms with van der Waals surface area (Å²) in [7, 11) is 0. The van der Waals surface area contributed by atoms with Gasteiger partial charge in [0.05, 0.1) is 10.2 Å². The van der Waals surface area contributed by atoms with E-state index >= 15 is 0 Å². The summed E-state index contributed by atoms with van der Waals surface area (Å²) in [4.78, 5) is 24.0. The molecule has 0 aliphatic rings. The Hall–Kier alpha value is -1.83. The molecular formula is C11H8N4NaO3+. The largest absolute Gasteiger partial charge is 1.00 e. The molecule has 1 aromatic carbocycles. The minimum absolute atomic E-state index is 0. The van der Waals surface area contributed by atoms with Crippen LogP contribution in [0, 0.1) is 15.0 Å². The fourth-order valence-electron chi connectivity index (χ4n) is 1.45. The summed E-state index contributed by atoms with van der Waals surface area (Å²) in [5.41, 5.74) is 3.81. The van der Waals surface area contributed by atoms with Crippen LogP contribution in [0.1, 0.15) is 0 Å². The second-order valence-corrected chi connectivity index (χ2v) is 3.44. The summed E-state index contributed by atoms with van der Waals surface area (Å²) < 4.78 is 0. The van der Waals surface area contributed by atoms with Gasteiger partial charge in [0.25, 0.3) is 5.69 Å². The van der Waals surface area contributed by atoms with E-state index in [1.165, 1.54) is 12.1 Å². The van der Waals surface area contributed by atoms with E-state index in [4.69, 9.17) is 0 Å². The van der Waals surface area contributed by atoms with E-state index < -0.39 is 4.92 Å². The molecule has 0 spiro atoms. The van der Waals surface area contributed by atoms with E-state index in [0.29, 0.717) is 5.82 Å². The average Bonchev–Trinajstić information content (AvgIpc) is 2.40. The zero-order valence-corrected chi connectivity index (χ0v) is 12.1. The van der Waals surface area contributed by atoms with Crippen LogP contribution in [-0.4, -0.2) is 9.91 Å².